The zero-order chi connectivity index (χ0) is 8.16. The summed E-state index contributed by atoms with van der Waals surface area (Å²) in [5.74, 6) is -0.930. The smallest absolute Gasteiger partial charge is 0.165 e. The lowest BCUT2D eigenvalue weighted by atomic mass is 10.0. The minimum absolute atomic E-state index is 0.131. The van der Waals surface area contributed by atoms with Crippen LogP contribution >= 0.6 is 0 Å². The highest BCUT2D eigenvalue weighted by Crippen LogP contribution is 2.26. The summed E-state index contributed by atoms with van der Waals surface area (Å²) < 4.78 is 5.21. The van der Waals surface area contributed by atoms with Gasteiger partial charge in [-0.05, 0) is 19.3 Å². The van der Waals surface area contributed by atoms with Gasteiger partial charge in [0.05, 0.1) is 6.61 Å². The van der Waals surface area contributed by atoms with Crippen molar-refractivity contribution >= 4 is 0 Å². The van der Waals surface area contributed by atoms with Gasteiger partial charge in [0.25, 0.3) is 0 Å². The van der Waals surface area contributed by atoms with Gasteiger partial charge in [-0.3, -0.25) is 0 Å². The van der Waals surface area contributed by atoms with E-state index in [9.17, 15) is 5.11 Å². The molecule has 1 fully saturated rings. The lowest BCUT2D eigenvalue weighted by Crippen LogP contribution is -2.36. The summed E-state index contributed by atoms with van der Waals surface area (Å²) >= 11 is 0. The summed E-state index contributed by atoms with van der Waals surface area (Å²) in [6.45, 7) is 0.785. The van der Waals surface area contributed by atoms with E-state index in [0.29, 0.717) is 25.9 Å². The number of hydrogen-bond donors (Lipinski definition) is 2. The minimum Gasteiger partial charge on any atom is -0.396 e. The molecule has 1 rings (SSSR count). The first kappa shape index (κ1) is 8.97. The van der Waals surface area contributed by atoms with Crippen LogP contribution in [-0.2, 0) is 4.74 Å². The molecule has 0 aliphatic carbocycles. The molecule has 11 heavy (non-hydrogen) atoms. The van der Waals surface area contributed by atoms with Crippen LogP contribution in [0.4, 0.5) is 0 Å². The van der Waals surface area contributed by atoms with Crippen molar-refractivity contribution in [3.05, 3.63) is 0 Å². The van der Waals surface area contributed by atoms with Crippen molar-refractivity contribution in [1.82, 2.24) is 0 Å². The van der Waals surface area contributed by atoms with Crippen LogP contribution in [0.3, 0.4) is 0 Å². The summed E-state index contributed by atoms with van der Waals surface area (Å²) in [7, 11) is 0. The monoisotopic (exact) mass is 160 g/mol. The fraction of sp³-hybridized carbons (Fsp3) is 1.00. The molecule has 1 aliphatic heterocycles. The van der Waals surface area contributed by atoms with Crippen molar-refractivity contribution in [2.75, 3.05) is 13.2 Å². The molecule has 1 unspecified atom stereocenters. The van der Waals surface area contributed by atoms with Gasteiger partial charge in [-0.2, -0.15) is 0 Å². The van der Waals surface area contributed by atoms with Crippen LogP contribution in [-0.4, -0.2) is 29.2 Å². The fourth-order valence-corrected chi connectivity index (χ4v) is 1.39. The predicted molar refractivity (Wildman–Crippen MR) is 41.1 cm³/mol. The van der Waals surface area contributed by atoms with E-state index in [4.69, 9.17) is 9.84 Å². The first-order valence-corrected chi connectivity index (χ1v) is 4.24. The van der Waals surface area contributed by atoms with E-state index < -0.39 is 5.79 Å². The van der Waals surface area contributed by atoms with E-state index in [1.165, 1.54) is 0 Å². The Morgan fingerprint density at radius 1 is 1.36 bits per heavy atom. The molecule has 0 bridgehead atoms. The van der Waals surface area contributed by atoms with Crippen LogP contribution in [0, 0.1) is 0 Å². The Labute approximate surface area is 67.0 Å². The van der Waals surface area contributed by atoms with Crippen LogP contribution < -0.4 is 0 Å². The molecule has 2 N–H and O–H groups in total. The van der Waals surface area contributed by atoms with Crippen molar-refractivity contribution in [2.45, 2.75) is 37.9 Å². The highest BCUT2D eigenvalue weighted by atomic mass is 16.6. The molecule has 1 heterocycles. The zero-order valence-corrected chi connectivity index (χ0v) is 6.75. The van der Waals surface area contributed by atoms with Crippen molar-refractivity contribution in [3.8, 4) is 0 Å². The Hall–Kier alpha value is -0.120. The molecule has 3 heteroatoms. The molecule has 0 aromatic carbocycles. The molecule has 1 saturated heterocycles. The van der Waals surface area contributed by atoms with Gasteiger partial charge in [0, 0.05) is 19.4 Å². The molecule has 1 atom stereocenters. The molecule has 0 spiro atoms. The molecule has 0 saturated carbocycles. The maximum Gasteiger partial charge on any atom is 0.165 e. The van der Waals surface area contributed by atoms with Crippen molar-refractivity contribution in [1.29, 1.82) is 0 Å². The second kappa shape index (κ2) is 4.04. The van der Waals surface area contributed by atoms with E-state index in [1.54, 1.807) is 0 Å². The molecule has 0 amide bonds. The molecule has 0 radical (unpaired) electrons. The molecule has 1 aliphatic rings. The van der Waals surface area contributed by atoms with Gasteiger partial charge in [0.2, 0.25) is 0 Å². The molecule has 66 valence electrons. The van der Waals surface area contributed by atoms with Crippen LogP contribution in [0.15, 0.2) is 0 Å². The van der Waals surface area contributed by atoms with Crippen LogP contribution in [0.2, 0.25) is 0 Å². The average molecular weight is 160 g/mol. The molecular formula is C8H16O3. The van der Waals surface area contributed by atoms with E-state index in [2.05, 4.69) is 0 Å². The average Bonchev–Trinajstić information content (AvgIpc) is 2.03. The maximum absolute atomic E-state index is 9.67. The summed E-state index contributed by atoms with van der Waals surface area (Å²) in [5.41, 5.74) is 0. The third-order valence-corrected chi connectivity index (χ3v) is 2.06. The van der Waals surface area contributed by atoms with Crippen molar-refractivity contribution in [3.63, 3.8) is 0 Å². The zero-order valence-electron chi connectivity index (χ0n) is 6.75. The summed E-state index contributed by atoms with van der Waals surface area (Å²) in [6, 6.07) is 0. The molecule has 0 aromatic heterocycles. The van der Waals surface area contributed by atoms with Crippen molar-refractivity contribution < 1.29 is 14.9 Å². The Bertz CT molecular complexity index is 108. The van der Waals surface area contributed by atoms with Crippen LogP contribution in [0.5, 0.6) is 0 Å². The van der Waals surface area contributed by atoms with E-state index in [0.717, 1.165) is 12.8 Å². The highest BCUT2D eigenvalue weighted by Gasteiger charge is 2.29. The lowest BCUT2D eigenvalue weighted by molar-refractivity contribution is -0.229. The fourth-order valence-electron chi connectivity index (χ4n) is 1.39. The number of rotatable bonds is 3. The largest absolute Gasteiger partial charge is 0.396 e. The Morgan fingerprint density at radius 2 is 2.18 bits per heavy atom. The third kappa shape index (κ3) is 2.77. The van der Waals surface area contributed by atoms with E-state index in [-0.39, 0.29) is 6.61 Å². The molecular weight excluding hydrogens is 144 g/mol. The Kier molecular flexibility index (Phi) is 3.30. The second-order valence-corrected chi connectivity index (χ2v) is 3.08. The lowest BCUT2D eigenvalue weighted by Gasteiger charge is -2.31. The van der Waals surface area contributed by atoms with Gasteiger partial charge in [0.1, 0.15) is 0 Å². The van der Waals surface area contributed by atoms with Gasteiger partial charge in [0.15, 0.2) is 5.79 Å². The summed E-state index contributed by atoms with van der Waals surface area (Å²) in [4.78, 5) is 0. The highest BCUT2D eigenvalue weighted by molar-refractivity contribution is 4.70. The van der Waals surface area contributed by atoms with E-state index in [1.807, 2.05) is 0 Å². The second-order valence-electron chi connectivity index (χ2n) is 3.08. The normalized spacial score (nSPS) is 32.2. The Morgan fingerprint density at radius 3 is 2.73 bits per heavy atom. The number of ether oxygens (including phenoxy) is 1. The van der Waals surface area contributed by atoms with Crippen molar-refractivity contribution in [2.24, 2.45) is 0 Å². The van der Waals surface area contributed by atoms with Crippen LogP contribution in [0.1, 0.15) is 32.1 Å². The van der Waals surface area contributed by atoms with Gasteiger partial charge in [-0.25, -0.2) is 0 Å². The topological polar surface area (TPSA) is 49.7 Å². The quantitative estimate of drug-likeness (QED) is 0.637. The molecule has 0 aromatic rings. The van der Waals surface area contributed by atoms with Crippen LogP contribution in [0.25, 0.3) is 0 Å². The third-order valence-electron chi connectivity index (χ3n) is 2.06. The predicted octanol–water partition coefficient (Wildman–Crippen LogP) is 0.648. The van der Waals surface area contributed by atoms with Gasteiger partial charge >= 0.3 is 0 Å². The molecule has 3 nitrogen and oxygen atoms in total. The van der Waals surface area contributed by atoms with Gasteiger partial charge in [-0.1, -0.05) is 0 Å². The number of hydrogen-bond acceptors (Lipinski definition) is 3. The Balaban J connectivity index is 2.25. The first-order valence-electron chi connectivity index (χ1n) is 4.24. The summed E-state index contributed by atoms with van der Waals surface area (Å²) in [6.07, 6.45) is 3.97. The summed E-state index contributed by atoms with van der Waals surface area (Å²) in [5, 5.41) is 18.2. The first-order chi connectivity index (χ1) is 5.27. The maximum atomic E-state index is 9.67. The van der Waals surface area contributed by atoms with Gasteiger partial charge in [-0.15, -0.1) is 0 Å². The SMILES string of the molecule is OCCCC1(O)CCCCO1. The van der Waals surface area contributed by atoms with E-state index >= 15 is 0 Å². The number of aliphatic hydroxyl groups excluding tert-OH is 1. The standard InChI is InChI=1S/C8H16O3/c9-6-3-5-8(10)4-1-2-7-11-8/h9-10H,1-7H2. The van der Waals surface area contributed by atoms with Gasteiger partial charge < -0.3 is 14.9 Å². The minimum atomic E-state index is -0.930. The number of aliphatic hydroxyl groups is 2.